The van der Waals surface area contributed by atoms with E-state index in [1.165, 1.54) is 16.7 Å². The zero-order valence-electron chi connectivity index (χ0n) is 11.1. The second kappa shape index (κ2) is 5.78. The Bertz CT molecular complexity index is 506. The van der Waals surface area contributed by atoms with Crippen LogP contribution in [0.2, 0.25) is 0 Å². The molecule has 0 amide bonds. The van der Waals surface area contributed by atoms with E-state index in [1.54, 1.807) is 0 Å². The smallest absolute Gasteiger partial charge is 0.0410 e. The molecule has 0 aliphatic carbocycles. The van der Waals surface area contributed by atoms with Crippen LogP contribution in [0.1, 0.15) is 28.3 Å². The van der Waals surface area contributed by atoms with Crippen LogP contribution < -0.4 is 5.73 Å². The molecule has 0 saturated heterocycles. The Balaban J connectivity index is 2.26. The van der Waals surface area contributed by atoms with Crippen molar-refractivity contribution in [1.29, 1.82) is 0 Å². The molecule has 0 radical (unpaired) electrons. The molecule has 0 aliphatic rings. The average molecular weight is 240 g/mol. The van der Waals surface area contributed by atoms with Crippen LogP contribution >= 0.6 is 0 Å². The average Bonchev–Trinajstić information content (AvgIpc) is 2.40. The highest BCUT2D eigenvalue weighted by atomic mass is 14.7. The van der Waals surface area contributed by atoms with Crippen LogP contribution in [0.4, 0.5) is 0 Å². The number of aromatic nitrogens is 1. The highest BCUT2D eigenvalue weighted by molar-refractivity contribution is 5.34. The molecule has 2 heteroatoms. The Hall–Kier alpha value is -1.67. The molecule has 94 valence electrons. The largest absolute Gasteiger partial charge is 0.330 e. The fourth-order valence-electron chi connectivity index (χ4n) is 2.29. The van der Waals surface area contributed by atoms with Crippen LogP contribution in [-0.2, 0) is 6.42 Å². The summed E-state index contributed by atoms with van der Waals surface area (Å²) in [6, 6.07) is 12.6. The van der Waals surface area contributed by atoms with E-state index in [-0.39, 0.29) is 0 Å². The van der Waals surface area contributed by atoms with Gasteiger partial charge in [-0.15, -0.1) is 0 Å². The minimum absolute atomic E-state index is 0.347. The molecule has 0 spiro atoms. The summed E-state index contributed by atoms with van der Waals surface area (Å²) in [5.74, 6) is 0.347. The van der Waals surface area contributed by atoms with Crippen molar-refractivity contribution in [3.63, 3.8) is 0 Å². The number of hydrogen-bond acceptors (Lipinski definition) is 2. The van der Waals surface area contributed by atoms with Gasteiger partial charge in [-0.3, -0.25) is 4.98 Å². The Morgan fingerprint density at radius 3 is 2.67 bits per heavy atom. The van der Waals surface area contributed by atoms with Crippen LogP contribution in [-0.4, -0.2) is 11.5 Å². The molecule has 2 aromatic rings. The molecular weight excluding hydrogens is 220 g/mol. The summed E-state index contributed by atoms with van der Waals surface area (Å²) in [5, 5.41) is 0. The summed E-state index contributed by atoms with van der Waals surface area (Å²) in [7, 11) is 0. The maximum atomic E-state index is 5.94. The van der Waals surface area contributed by atoms with Gasteiger partial charge in [-0.1, -0.05) is 29.8 Å². The Morgan fingerprint density at radius 2 is 2.00 bits per heavy atom. The van der Waals surface area contributed by atoms with Crippen LogP contribution in [0.25, 0.3) is 0 Å². The van der Waals surface area contributed by atoms with Crippen LogP contribution in [0.5, 0.6) is 0 Å². The number of nitrogens with two attached hydrogens (primary N) is 1. The van der Waals surface area contributed by atoms with E-state index < -0.39 is 0 Å². The van der Waals surface area contributed by atoms with Gasteiger partial charge < -0.3 is 5.73 Å². The number of pyridine rings is 1. The molecule has 1 aromatic carbocycles. The number of nitrogens with zero attached hydrogens (tertiary/aromatic N) is 1. The van der Waals surface area contributed by atoms with Crippen molar-refractivity contribution in [3.05, 3.63) is 65.0 Å². The normalized spacial score (nSPS) is 12.4. The third-order valence-electron chi connectivity index (χ3n) is 3.34. The fraction of sp³-hybridized carbons (Fsp3) is 0.312. The zero-order valence-corrected chi connectivity index (χ0v) is 11.1. The predicted octanol–water partition coefficient (Wildman–Crippen LogP) is 2.98. The van der Waals surface area contributed by atoms with Gasteiger partial charge in [0.15, 0.2) is 0 Å². The number of rotatable bonds is 4. The minimum Gasteiger partial charge on any atom is -0.330 e. The molecule has 0 bridgehead atoms. The highest BCUT2D eigenvalue weighted by Gasteiger charge is 2.13. The summed E-state index contributed by atoms with van der Waals surface area (Å²) in [6.07, 6.45) is 2.74. The van der Waals surface area contributed by atoms with Crippen molar-refractivity contribution in [3.8, 4) is 0 Å². The highest BCUT2D eigenvalue weighted by Crippen LogP contribution is 2.23. The van der Waals surface area contributed by atoms with Crippen molar-refractivity contribution in [2.75, 3.05) is 6.54 Å². The molecule has 0 fully saturated rings. The first-order chi connectivity index (χ1) is 8.70. The van der Waals surface area contributed by atoms with Gasteiger partial charge >= 0.3 is 0 Å². The molecule has 1 heterocycles. The summed E-state index contributed by atoms with van der Waals surface area (Å²) >= 11 is 0. The summed E-state index contributed by atoms with van der Waals surface area (Å²) in [4.78, 5) is 4.39. The summed E-state index contributed by atoms with van der Waals surface area (Å²) in [6.45, 7) is 4.92. The van der Waals surface area contributed by atoms with Crippen molar-refractivity contribution in [2.24, 2.45) is 5.73 Å². The van der Waals surface area contributed by atoms with Crippen molar-refractivity contribution < 1.29 is 0 Å². The predicted molar refractivity (Wildman–Crippen MR) is 75.7 cm³/mol. The van der Waals surface area contributed by atoms with E-state index in [1.807, 2.05) is 18.3 Å². The quantitative estimate of drug-likeness (QED) is 0.892. The van der Waals surface area contributed by atoms with Gasteiger partial charge in [0.05, 0.1) is 0 Å². The van der Waals surface area contributed by atoms with Gasteiger partial charge in [0.25, 0.3) is 0 Å². The van der Waals surface area contributed by atoms with E-state index in [9.17, 15) is 0 Å². The Labute approximate surface area is 109 Å². The zero-order chi connectivity index (χ0) is 13.0. The first-order valence-corrected chi connectivity index (χ1v) is 6.38. The number of aryl methyl sites for hydroxylation is 2. The Kier molecular flexibility index (Phi) is 4.11. The standard InChI is InChI=1S/C16H20N2/c1-12-6-7-13(2)16(9-12)14(11-17)10-15-5-3-4-8-18-15/h3-9,14H,10-11,17H2,1-2H3. The van der Waals surface area contributed by atoms with Crippen LogP contribution in [0.3, 0.4) is 0 Å². The van der Waals surface area contributed by atoms with E-state index in [0.29, 0.717) is 12.5 Å². The van der Waals surface area contributed by atoms with E-state index >= 15 is 0 Å². The lowest BCUT2D eigenvalue weighted by atomic mass is 9.89. The van der Waals surface area contributed by atoms with Crippen molar-refractivity contribution >= 4 is 0 Å². The first kappa shape index (κ1) is 12.8. The molecule has 2 nitrogen and oxygen atoms in total. The molecule has 2 N–H and O–H groups in total. The van der Waals surface area contributed by atoms with Crippen molar-refractivity contribution in [2.45, 2.75) is 26.2 Å². The van der Waals surface area contributed by atoms with Gasteiger partial charge in [-0.2, -0.15) is 0 Å². The molecule has 1 unspecified atom stereocenters. The lowest BCUT2D eigenvalue weighted by Gasteiger charge is -2.18. The van der Waals surface area contributed by atoms with E-state index in [2.05, 4.69) is 43.1 Å². The maximum absolute atomic E-state index is 5.94. The third kappa shape index (κ3) is 2.96. The Morgan fingerprint density at radius 1 is 1.17 bits per heavy atom. The van der Waals surface area contributed by atoms with Gasteiger partial charge in [0, 0.05) is 17.8 Å². The minimum atomic E-state index is 0.347. The van der Waals surface area contributed by atoms with Crippen molar-refractivity contribution in [1.82, 2.24) is 4.98 Å². The monoisotopic (exact) mass is 240 g/mol. The maximum Gasteiger partial charge on any atom is 0.0410 e. The lowest BCUT2D eigenvalue weighted by molar-refractivity contribution is 0.677. The molecule has 0 saturated carbocycles. The third-order valence-corrected chi connectivity index (χ3v) is 3.34. The second-order valence-electron chi connectivity index (χ2n) is 4.82. The fourth-order valence-corrected chi connectivity index (χ4v) is 2.29. The van der Waals surface area contributed by atoms with Gasteiger partial charge in [-0.25, -0.2) is 0 Å². The van der Waals surface area contributed by atoms with E-state index in [4.69, 9.17) is 5.73 Å². The number of benzene rings is 1. The van der Waals surface area contributed by atoms with Gasteiger partial charge in [0.2, 0.25) is 0 Å². The van der Waals surface area contributed by atoms with Crippen LogP contribution in [0.15, 0.2) is 42.6 Å². The molecule has 2 rings (SSSR count). The van der Waals surface area contributed by atoms with E-state index in [0.717, 1.165) is 12.1 Å². The molecule has 1 atom stereocenters. The lowest BCUT2D eigenvalue weighted by Crippen LogP contribution is -2.16. The SMILES string of the molecule is Cc1ccc(C)c(C(CN)Cc2ccccn2)c1. The number of hydrogen-bond donors (Lipinski definition) is 1. The summed E-state index contributed by atoms with van der Waals surface area (Å²) in [5.41, 5.74) is 11.0. The second-order valence-corrected chi connectivity index (χ2v) is 4.82. The van der Waals surface area contributed by atoms with Gasteiger partial charge in [0.1, 0.15) is 0 Å². The molecular formula is C16H20N2. The van der Waals surface area contributed by atoms with Crippen LogP contribution in [0, 0.1) is 13.8 Å². The summed E-state index contributed by atoms with van der Waals surface area (Å²) < 4.78 is 0. The topological polar surface area (TPSA) is 38.9 Å². The molecule has 18 heavy (non-hydrogen) atoms. The molecule has 0 aliphatic heterocycles. The van der Waals surface area contributed by atoms with Gasteiger partial charge in [-0.05, 0) is 50.1 Å². The first-order valence-electron chi connectivity index (χ1n) is 6.38. The molecule has 1 aromatic heterocycles.